The van der Waals surface area contributed by atoms with Crippen LogP contribution in [0, 0.1) is 11.2 Å². The number of halogens is 4. The van der Waals surface area contributed by atoms with Crippen molar-refractivity contribution in [3.63, 3.8) is 0 Å². The van der Waals surface area contributed by atoms with Gasteiger partial charge in [0.25, 0.3) is 0 Å². The van der Waals surface area contributed by atoms with Crippen molar-refractivity contribution in [2.45, 2.75) is 51.2 Å². The molecule has 1 saturated heterocycles. The molecule has 1 unspecified atom stereocenters. The van der Waals surface area contributed by atoms with Crippen LogP contribution in [0.15, 0.2) is 30.6 Å². The van der Waals surface area contributed by atoms with Gasteiger partial charge in [-0.1, -0.05) is 25.5 Å². The third-order valence-corrected chi connectivity index (χ3v) is 6.16. The first-order chi connectivity index (χ1) is 13.8. The Morgan fingerprint density at radius 1 is 1.14 bits per heavy atom. The van der Waals surface area contributed by atoms with E-state index in [1.54, 1.807) is 0 Å². The molecule has 1 aromatic carbocycles. The van der Waals surface area contributed by atoms with Gasteiger partial charge < -0.3 is 10.2 Å². The van der Waals surface area contributed by atoms with Crippen molar-refractivity contribution in [3.8, 4) is 0 Å². The van der Waals surface area contributed by atoms with Gasteiger partial charge in [-0.2, -0.15) is 17.6 Å². The van der Waals surface area contributed by atoms with Crippen LogP contribution in [0.4, 0.5) is 29.2 Å². The molecule has 2 aliphatic rings. The van der Waals surface area contributed by atoms with Gasteiger partial charge in [0.2, 0.25) is 5.82 Å². The van der Waals surface area contributed by atoms with Gasteiger partial charge in [0, 0.05) is 13.1 Å². The van der Waals surface area contributed by atoms with E-state index in [-0.39, 0.29) is 23.1 Å². The van der Waals surface area contributed by atoms with E-state index in [1.807, 2.05) is 4.90 Å². The standard InChI is InChI=1S/C21H24F4N4/c1-20(9-3-10-20)12-26-18-17(22)19(28-13-27-18)29-11-2-4-16(29)14-5-7-15(8-6-14)21(23,24)25/h5-8,13,16H,2-4,9-12H2,1H3,(H,26,27,28). The number of hydrogen-bond acceptors (Lipinski definition) is 4. The van der Waals surface area contributed by atoms with E-state index in [0.717, 1.165) is 43.4 Å². The smallest absolute Gasteiger partial charge is 0.367 e. The third kappa shape index (κ3) is 4.02. The summed E-state index contributed by atoms with van der Waals surface area (Å²) in [6.07, 6.45) is 1.93. The molecule has 1 aliphatic heterocycles. The van der Waals surface area contributed by atoms with Crippen LogP contribution >= 0.6 is 0 Å². The molecule has 0 radical (unpaired) electrons. The van der Waals surface area contributed by atoms with E-state index in [1.165, 1.54) is 24.9 Å². The highest BCUT2D eigenvalue weighted by Gasteiger charge is 2.34. The molecule has 156 valence electrons. The van der Waals surface area contributed by atoms with Gasteiger partial charge in [-0.05, 0) is 48.8 Å². The van der Waals surface area contributed by atoms with Gasteiger partial charge in [-0.25, -0.2) is 9.97 Å². The lowest BCUT2D eigenvalue weighted by Crippen LogP contribution is -2.34. The highest BCUT2D eigenvalue weighted by Crippen LogP contribution is 2.41. The fourth-order valence-corrected chi connectivity index (χ4v) is 4.20. The summed E-state index contributed by atoms with van der Waals surface area (Å²) in [7, 11) is 0. The Morgan fingerprint density at radius 2 is 1.86 bits per heavy atom. The Kier molecular flexibility index (Phi) is 5.12. The molecule has 8 heteroatoms. The van der Waals surface area contributed by atoms with Crippen LogP contribution in [0.5, 0.6) is 0 Å². The lowest BCUT2D eigenvalue weighted by Gasteiger charge is -2.38. The van der Waals surface area contributed by atoms with Gasteiger partial charge in [-0.3, -0.25) is 0 Å². The second-order valence-corrected chi connectivity index (χ2v) is 8.35. The van der Waals surface area contributed by atoms with Crippen molar-refractivity contribution in [1.29, 1.82) is 0 Å². The number of aromatic nitrogens is 2. The van der Waals surface area contributed by atoms with Crippen molar-refractivity contribution in [1.82, 2.24) is 9.97 Å². The Bertz CT molecular complexity index is 862. The molecule has 2 aromatic rings. The summed E-state index contributed by atoms with van der Waals surface area (Å²) in [6.45, 7) is 3.42. The van der Waals surface area contributed by atoms with Crippen molar-refractivity contribution in [2.24, 2.45) is 5.41 Å². The normalized spacial score (nSPS) is 21.1. The zero-order valence-corrected chi connectivity index (χ0v) is 16.3. The van der Waals surface area contributed by atoms with Gasteiger partial charge in [-0.15, -0.1) is 0 Å². The molecular formula is C21H24F4N4. The van der Waals surface area contributed by atoms with Gasteiger partial charge in [0.1, 0.15) is 6.33 Å². The highest BCUT2D eigenvalue weighted by molar-refractivity contribution is 5.53. The number of nitrogens with one attached hydrogen (secondary N) is 1. The van der Waals surface area contributed by atoms with Crippen LogP contribution in [0.2, 0.25) is 0 Å². The maximum atomic E-state index is 15.2. The molecule has 2 heterocycles. The van der Waals surface area contributed by atoms with Crippen molar-refractivity contribution in [3.05, 3.63) is 47.5 Å². The summed E-state index contributed by atoms with van der Waals surface area (Å²) in [5.74, 6) is -0.126. The molecular weight excluding hydrogens is 384 g/mol. The predicted octanol–water partition coefficient (Wildman–Crippen LogP) is 5.58. The monoisotopic (exact) mass is 408 g/mol. The van der Waals surface area contributed by atoms with Crippen molar-refractivity contribution < 1.29 is 17.6 Å². The van der Waals surface area contributed by atoms with Gasteiger partial charge in [0.05, 0.1) is 11.6 Å². The molecule has 1 saturated carbocycles. The number of hydrogen-bond donors (Lipinski definition) is 1. The third-order valence-electron chi connectivity index (χ3n) is 6.16. The molecule has 2 fully saturated rings. The van der Waals surface area contributed by atoms with Crippen LogP contribution in [0.25, 0.3) is 0 Å². The van der Waals surface area contributed by atoms with Crippen LogP contribution in [-0.4, -0.2) is 23.1 Å². The first kappa shape index (κ1) is 19.9. The molecule has 4 nitrogen and oxygen atoms in total. The molecule has 1 N–H and O–H groups in total. The summed E-state index contributed by atoms with van der Waals surface area (Å²) in [5.41, 5.74) is 0.216. The fourth-order valence-electron chi connectivity index (χ4n) is 4.20. The number of rotatable bonds is 5. The average molecular weight is 408 g/mol. The SMILES string of the molecule is CC1(CNc2ncnc(N3CCCC3c3ccc(C(F)(F)F)cc3)c2F)CCC1. The Labute approximate surface area is 167 Å². The molecule has 0 spiro atoms. The number of alkyl halides is 3. The van der Waals surface area contributed by atoms with Crippen molar-refractivity contribution >= 4 is 11.6 Å². The van der Waals surface area contributed by atoms with E-state index < -0.39 is 17.6 Å². The molecule has 1 atom stereocenters. The summed E-state index contributed by atoms with van der Waals surface area (Å²) in [4.78, 5) is 10.0. The minimum absolute atomic E-state index is 0.175. The Morgan fingerprint density at radius 3 is 2.48 bits per heavy atom. The molecule has 4 rings (SSSR count). The minimum Gasteiger partial charge on any atom is -0.367 e. The van der Waals surface area contributed by atoms with Crippen LogP contribution in [-0.2, 0) is 6.18 Å². The minimum atomic E-state index is -4.37. The van der Waals surface area contributed by atoms with E-state index in [2.05, 4.69) is 22.2 Å². The number of benzene rings is 1. The summed E-state index contributed by atoms with van der Waals surface area (Å²) >= 11 is 0. The lowest BCUT2D eigenvalue weighted by atomic mass is 9.70. The maximum absolute atomic E-state index is 15.2. The van der Waals surface area contributed by atoms with E-state index in [0.29, 0.717) is 13.1 Å². The Balaban J connectivity index is 1.54. The topological polar surface area (TPSA) is 41.1 Å². The largest absolute Gasteiger partial charge is 0.416 e. The fraction of sp³-hybridized carbons (Fsp3) is 0.524. The lowest BCUT2D eigenvalue weighted by molar-refractivity contribution is -0.137. The Hall–Kier alpha value is -2.38. The second kappa shape index (κ2) is 7.46. The molecule has 1 aliphatic carbocycles. The summed E-state index contributed by atoms with van der Waals surface area (Å²) in [5, 5.41) is 3.12. The van der Waals surface area contributed by atoms with Gasteiger partial charge >= 0.3 is 6.18 Å². The van der Waals surface area contributed by atoms with Crippen LogP contribution < -0.4 is 10.2 Å². The molecule has 0 bridgehead atoms. The second-order valence-electron chi connectivity index (χ2n) is 8.35. The number of anilines is 2. The van der Waals surface area contributed by atoms with E-state index >= 15 is 4.39 Å². The molecule has 29 heavy (non-hydrogen) atoms. The summed E-state index contributed by atoms with van der Waals surface area (Å²) < 4.78 is 53.7. The quantitative estimate of drug-likeness (QED) is 0.656. The first-order valence-electron chi connectivity index (χ1n) is 9.95. The van der Waals surface area contributed by atoms with E-state index in [4.69, 9.17) is 0 Å². The number of nitrogens with zero attached hydrogens (tertiary/aromatic N) is 3. The van der Waals surface area contributed by atoms with Crippen molar-refractivity contribution in [2.75, 3.05) is 23.3 Å². The summed E-state index contributed by atoms with van der Waals surface area (Å²) in [6, 6.07) is 4.89. The maximum Gasteiger partial charge on any atom is 0.416 e. The predicted molar refractivity (Wildman–Crippen MR) is 103 cm³/mol. The van der Waals surface area contributed by atoms with E-state index in [9.17, 15) is 13.2 Å². The highest BCUT2D eigenvalue weighted by atomic mass is 19.4. The van der Waals surface area contributed by atoms with Crippen LogP contribution in [0.1, 0.15) is 56.2 Å². The molecule has 1 aromatic heterocycles. The first-order valence-corrected chi connectivity index (χ1v) is 9.95. The zero-order chi connectivity index (χ0) is 20.6. The van der Waals surface area contributed by atoms with Crippen LogP contribution in [0.3, 0.4) is 0 Å². The zero-order valence-electron chi connectivity index (χ0n) is 16.3. The average Bonchev–Trinajstić information content (AvgIpc) is 3.14. The van der Waals surface area contributed by atoms with Gasteiger partial charge in [0.15, 0.2) is 11.6 Å². The molecule has 0 amide bonds.